The summed E-state index contributed by atoms with van der Waals surface area (Å²) >= 11 is 1.61. The third-order valence-electron chi connectivity index (χ3n) is 4.47. The Hall–Kier alpha value is -2.48. The maximum absolute atomic E-state index is 12.4. The zero-order valence-corrected chi connectivity index (χ0v) is 13.8. The highest BCUT2D eigenvalue weighted by atomic mass is 32.1. The van der Waals surface area contributed by atoms with Crippen molar-refractivity contribution in [3.05, 3.63) is 45.4 Å². The number of fused-ring (bicyclic) bond motifs is 1. The first-order valence-electron chi connectivity index (χ1n) is 7.93. The number of aromatic amines is 1. The van der Waals surface area contributed by atoms with E-state index in [0.29, 0.717) is 30.7 Å². The number of carbonyl (C=O) groups is 1. The standard InChI is InChI=1S/C16H17N5O2S/c22-14(8-12-2-1-7-24-12)20-5-3-11(4-6-20)21-15-13(19-16(21)23)9-17-10-18-15/h1-2,7,9-11H,3-6,8H2,(H,19,23). The van der Waals surface area contributed by atoms with Crippen LogP contribution in [0, 0.1) is 0 Å². The summed E-state index contributed by atoms with van der Waals surface area (Å²) in [5.41, 5.74) is 1.13. The van der Waals surface area contributed by atoms with E-state index in [0.717, 1.165) is 17.7 Å². The second kappa shape index (κ2) is 6.20. The highest BCUT2D eigenvalue weighted by Crippen LogP contribution is 2.24. The summed E-state index contributed by atoms with van der Waals surface area (Å²) in [6.45, 7) is 1.33. The fourth-order valence-corrected chi connectivity index (χ4v) is 3.96. The van der Waals surface area contributed by atoms with E-state index in [2.05, 4.69) is 15.0 Å². The molecule has 1 saturated heterocycles. The topological polar surface area (TPSA) is 83.9 Å². The number of nitrogens with one attached hydrogen (secondary N) is 1. The number of piperidine rings is 1. The fraction of sp³-hybridized carbons (Fsp3) is 0.375. The van der Waals surface area contributed by atoms with Crippen LogP contribution >= 0.6 is 11.3 Å². The van der Waals surface area contributed by atoms with Crippen molar-refractivity contribution in [3.8, 4) is 0 Å². The van der Waals surface area contributed by atoms with E-state index >= 15 is 0 Å². The smallest absolute Gasteiger partial charge is 0.327 e. The van der Waals surface area contributed by atoms with Gasteiger partial charge < -0.3 is 9.88 Å². The van der Waals surface area contributed by atoms with Gasteiger partial charge in [0.1, 0.15) is 11.8 Å². The molecule has 1 aliphatic heterocycles. The van der Waals surface area contributed by atoms with Crippen molar-refractivity contribution >= 4 is 28.4 Å². The van der Waals surface area contributed by atoms with Crippen LogP contribution < -0.4 is 5.69 Å². The molecule has 4 heterocycles. The molecule has 3 aromatic rings. The van der Waals surface area contributed by atoms with Gasteiger partial charge in [0.25, 0.3) is 0 Å². The molecule has 124 valence electrons. The quantitative estimate of drug-likeness (QED) is 0.783. The third kappa shape index (κ3) is 2.73. The summed E-state index contributed by atoms with van der Waals surface area (Å²) < 4.78 is 1.71. The van der Waals surface area contributed by atoms with Gasteiger partial charge in [0.05, 0.1) is 12.6 Å². The first-order valence-corrected chi connectivity index (χ1v) is 8.81. The van der Waals surface area contributed by atoms with Crippen molar-refractivity contribution in [1.82, 2.24) is 24.4 Å². The van der Waals surface area contributed by atoms with Crippen LogP contribution in [0.25, 0.3) is 11.2 Å². The molecule has 0 aromatic carbocycles. The van der Waals surface area contributed by atoms with Crippen LogP contribution in [0.2, 0.25) is 0 Å². The molecule has 3 aromatic heterocycles. The Morgan fingerprint density at radius 2 is 2.21 bits per heavy atom. The number of H-pyrrole nitrogens is 1. The lowest BCUT2D eigenvalue weighted by Crippen LogP contribution is -2.41. The van der Waals surface area contributed by atoms with Crippen molar-refractivity contribution < 1.29 is 4.79 Å². The Balaban J connectivity index is 1.47. The van der Waals surface area contributed by atoms with Gasteiger partial charge >= 0.3 is 5.69 Å². The minimum Gasteiger partial charge on any atom is -0.342 e. The molecule has 0 bridgehead atoms. The molecule has 1 fully saturated rings. The molecule has 4 rings (SSSR count). The van der Waals surface area contributed by atoms with Crippen LogP contribution in [0.15, 0.2) is 34.8 Å². The normalized spacial score (nSPS) is 15.9. The second-order valence-corrected chi connectivity index (χ2v) is 6.96. The number of amides is 1. The predicted molar refractivity (Wildman–Crippen MR) is 91.0 cm³/mol. The first kappa shape index (κ1) is 15.1. The number of hydrogen-bond acceptors (Lipinski definition) is 5. The van der Waals surface area contributed by atoms with E-state index in [1.807, 2.05) is 22.4 Å². The minimum absolute atomic E-state index is 0.0620. The van der Waals surface area contributed by atoms with Gasteiger partial charge in [0, 0.05) is 24.0 Å². The molecule has 1 amide bonds. The number of thiophene rings is 1. The molecular formula is C16H17N5O2S. The Bertz CT molecular complexity index is 906. The van der Waals surface area contributed by atoms with Gasteiger partial charge in [-0.1, -0.05) is 6.07 Å². The zero-order chi connectivity index (χ0) is 16.5. The summed E-state index contributed by atoms with van der Waals surface area (Å²) in [5.74, 6) is 0.157. The number of nitrogens with zero attached hydrogens (tertiary/aromatic N) is 4. The number of imidazole rings is 1. The van der Waals surface area contributed by atoms with Gasteiger partial charge in [-0.25, -0.2) is 14.8 Å². The van der Waals surface area contributed by atoms with E-state index < -0.39 is 0 Å². The lowest BCUT2D eigenvalue weighted by molar-refractivity contribution is -0.131. The SMILES string of the molecule is O=C(Cc1cccs1)N1CCC(n2c(=O)[nH]c3cncnc32)CC1. The fourth-order valence-electron chi connectivity index (χ4n) is 3.26. The monoisotopic (exact) mass is 343 g/mol. The number of carbonyl (C=O) groups excluding carboxylic acids is 1. The van der Waals surface area contributed by atoms with Crippen LogP contribution in [-0.2, 0) is 11.2 Å². The largest absolute Gasteiger partial charge is 0.342 e. The molecule has 7 nitrogen and oxygen atoms in total. The summed E-state index contributed by atoms with van der Waals surface area (Å²) in [5, 5.41) is 1.99. The van der Waals surface area contributed by atoms with Gasteiger partial charge in [-0.2, -0.15) is 0 Å². The van der Waals surface area contributed by atoms with Crippen molar-refractivity contribution in [1.29, 1.82) is 0 Å². The molecule has 0 saturated carbocycles. The Kier molecular flexibility index (Phi) is 3.89. The zero-order valence-electron chi connectivity index (χ0n) is 13.0. The molecule has 0 unspecified atom stereocenters. The molecule has 1 N–H and O–H groups in total. The Morgan fingerprint density at radius 3 is 2.96 bits per heavy atom. The Morgan fingerprint density at radius 1 is 1.38 bits per heavy atom. The number of likely N-dealkylation sites (tertiary alicyclic amines) is 1. The molecule has 1 aliphatic rings. The average Bonchev–Trinajstić information content (AvgIpc) is 3.21. The van der Waals surface area contributed by atoms with E-state index in [4.69, 9.17) is 0 Å². The molecule has 0 aliphatic carbocycles. The van der Waals surface area contributed by atoms with E-state index in [9.17, 15) is 9.59 Å². The van der Waals surface area contributed by atoms with E-state index in [1.165, 1.54) is 6.33 Å². The predicted octanol–water partition coefficient (Wildman–Crippen LogP) is 1.59. The Labute approximate surface area is 142 Å². The van der Waals surface area contributed by atoms with Crippen LogP contribution in [-0.4, -0.2) is 43.4 Å². The van der Waals surface area contributed by atoms with Gasteiger partial charge in [-0.3, -0.25) is 9.36 Å². The van der Waals surface area contributed by atoms with Gasteiger partial charge in [0.2, 0.25) is 5.91 Å². The lowest BCUT2D eigenvalue weighted by atomic mass is 10.0. The van der Waals surface area contributed by atoms with Gasteiger partial charge in [0.15, 0.2) is 5.65 Å². The lowest BCUT2D eigenvalue weighted by Gasteiger charge is -2.32. The van der Waals surface area contributed by atoms with Gasteiger partial charge in [-0.15, -0.1) is 11.3 Å². The summed E-state index contributed by atoms with van der Waals surface area (Å²) in [6, 6.07) is 4.01. The van der Waals surface area contributed by atoms with Crippen molar-refractivity contribution in [2.24, 2.45) is 0 Å². The average molecular weight is 343 g/mol. The maximum Gasteiger partial charge on any atom is 0.327 e. The minimum atomic E-state index is -0.158. The molecule has 0 atom stereocenters. The molecule has 0 radical (unpaired) electrons. The summed E-state index contributed by atoms with van der Waals surface area (Å²) in [6.07, 6.45) is 5.04. The number of rotatable bonds is 3. The van der Waals surface area contributed by atoms with E-state index in [1.54, 1.807) is 22.1 Å². The highest BCUT2D eigenvalue weighted by molar-refractivity contribution is 7.10. The number of hydrogen-bond donors (Lipinski definition) is 1. The van der Waals surface area contributed by atoms with Crippen LogP contribution in [0.3, 0.4) is 0 Å². The summed E-state index contributed by atoms with van der Waals surface area (Å²) in [4.78, 5) is 38.5. The van der Waals surface area contributed by atoms with Crippen molar-refractivity contribution in [2.75, 3.05) is 13.1 Å². The summed E-state index contributed by atoms with van der Waals surface area (Å²) in [7, 11) is 0. The molecule has 24 heavy (non-hydrogen) atoms. The molecule has 0 spiro atoms. The van der Waals surface area contributed by atoms with Crippen molar-refractivity contribution in [3.63, 3.8) is 0 Å². The van der Waals surface area contributed by atoms with Crippen LogP contribution in [0.5, 0.6) is 0 Å². The van der Waals surface area contributed by atoms with E-state index in [-0.39, 0.29) is 17.6 Å². The third-order valence-corrected chi connectivity index (χ3v) is 5.34. The maximum atomic E-state index is 12.4. The van der Waals surface area contributed by atoms with Crippen LogP contribution in [0.4, 0.5) is 0 Å². The van der Waals surface area contributed by atoms with Crippen molar-refractivity contribution in [2.45, 2.75) is 25.3 Å². The first-order chi connectivity index (χ1) is 11.7. The molecule has 8 heteroatoms. The number of aromatic nitrogens is 4. The highest BCUT2D eigenvalue weighted by Gasteiger charge is 2.26. The van der Waals surface area contributed by atoms with Gasteiger partial charge in [-0.05, 0) is 24.3 Å². The molecular weight excluding hydrogens is 326 g/mol. The van der Waals surface area contributed by atoms with Crippen LogP contribution in [0.1, 0.15) is 23.8 Å². The second-order valence-electron chi connectivity index (χ2n) is 5.93.